The van der Waals surface area contributed by atoms with Crippen molar-refractivity contribution in [2.24, 2.45) is 12.0 Å². The van der Waals surface area contributed by atoms with E-state index in [4.69, 9.17) is 16.3 Å². The number of guanidine groups is 1. The van der Waals surface area contributed by atoms with Gasteiger partial charge in [0.05, 0.1) is 17.7 Å². The summed E-state index contributed by atoms with van der Waals surface area (Å²) in [4.78, 5) is 6.43. The van der Waals surface area contributed by atoms with Crippen LogP contribution in [0.25, 0.3) is 0 Å². The molecule has 1 aromatic rings. The normalized spacial score (nSPS) is 18.2. The second-order valence-electron chi connectivity index (χ2n) is 5.51. The summed E-state index contributed by atoms with van der Waals surface area (Å²) in [7, 11) is 5.84. The van der Waals surface area contributed by atoms with E-state index in [-0.39, 0.29) is 24.0 Å². The van der Waals surface area contributed by atoms with Gasteiger partial charge in [0.2, 0.25) is 0 Å². The van der Waals surface area contributed by atoms with Crippen LogP contribution in [0, 0.1) is 0 Å². The van der Waals surface area contributed by atoms with Crippen molar-refractivity contribution < 1.29 is 4.74 Å². The van der Waals surface area contributed by atoms with Crippen molar-refractivity contribution in [3.05, 3.63) is 23.0 Å². The third kappa shape index (κ3) is 5.62. The van der Waals surface area contributed by atoms with E-state index in [1.807, 2.05) is 38.0 Å². The molecule has 126 valence electrons. The van der Waals surface area contributed by atoms with Crippen molar-refractivity contribution in [3.63, 3.8) is 0 Å². The molecule has 1 aromatic heterocycles. The van der Waals surface area contributed by atoms with Crippen LogP contribution in [0.3, 0.4) is 0 Å². The van der Waals surface area contributed by atoms with Gasteiger partial charge in [-0.3, -0.25) is 4.99 Å². The summed E-state index contributed by atoms with van der Waals surface area (Å²) in [6.07, 6.45) is 5.72. The first-order valence-corrected chi connectivity index (χ1v) is 7.82. The summed E-state index contributed by atoms with van der Waals surface area (Å²) in [5, 5.41) is 4.16. The Morgan fingerprint density at radius 2 is 2.36 bits per heavy atom. The lowest BCUT2D eigenvalue weighted by Gasteiger charge is -2.23. The predicted molar refractivity (Wildman–Crippen MR) is 102 cm³/mol. The fourth-order valence-electron chi connectivity index (χ4n) is 2.64. The van der Waals surface area contributed by atoms with Crippen LogP contribution in [0.4, 0.5) is 0 Å². The molecule has 22 heavy (non-hydrogen) atoms. The van der Waals surface area contributed by atoms with Gasteiger partial charge in [0.15, 0.2) is 5.96 Å². The summed E-state index contributed by atoms with van der Waals surface area (Å²) in [6.45, 7) is 2.56. The molecule has 1 aliphatic rings. The Bertz CT molecular complexity index is 486. The third-order valence-electron chi connectivity index (χ3n) is 3.82. The first-order valence-electron chi connectivity index (χ1n) is 7.44. The van der Waals surface area contributed by atoms with Gasteiger partial charge in [-0.2, -0.15) is 0 Å². The molecule has 1 aliphatic heterocycles. The van der Waals surface area contributed by atoms with E-state index in [9.17, 15) is 0 Å². The van der Waals surface area contributed by atoms with Crippen LogP contribution in [0.15, 0.2) is 17.3 Å². The molecule has 1 saturated heterocycles. The van der Waals surface area contributed by atoms with Gasteiger partial charge in [0, 0.05) is 46.2 Å². The molecule has 0 aromatic carbocycles. The number of nitrogens with zero attached hydrogens (tertiary/aromatic N) is 3. The van der Waals surface area contributed by atoms with Crippen molar-refractivity contribution in [2.75, 3.05) is 27.2 Å². The van der Waals surface area contributed by atoms with E-state index in [1.165, 1.54) is 12.8 Å². The molecule has 1 atom stereocenters. The maximum Gasteiger partial charge on any atom is 0.193 e. The number of aryl methyl sites for hydroxylation is 1. The minimum absolute atomic E-state index is 0. The van der Waals surface area contributed by atoms with Gasteiger partial charge in [0.25, 0.3) is 0 Å². The third-order valence-corrected chi connectivity index (χ3v) is 4.03. The number of nitrogens with one attached hydrogen (secondary N) is 1. The van der Waals surface area contributed by atoms with Crippen LogP contribution in [0.1, 0.15) is 25.0 Å². The van der Waals surface area contributed by atoms with E-state index in [0.29, 0.717) is 6.10 Å². The molecule has 0 aliphatic carbocycles. The van der Waals surface area contributed by atoms with E-state index in [2.05, 4.69) is 15.2 Å². The quantitative estimate of drug-likeness (QED) is 0.435. The molecule has 0 bridgehead atoms. The lowest BCUT2D eigenvalue weighted by molar-refractivity contribution is 0.105. The predicted octanol–water partition coefficient (Wildman–Crippen LogP) is 2.87. The van der Waals surface area contributed by atoms with Crippen LogP contribution in [-0.4, -0.2) is 48.8 Å². The lowest BCUT2D eigenvalue weighted by Crippen LogP contribution is -2.39. The minimum atomic E-state index is 0. The van der Waals surface area contributed by atoms with E-state index in [0.717, 1.165) is 42.8 Å². The molecule has 1 fully saturated rings. The van der Waals surface area contributed by atoms with E-state index < -0.39 is 0 Å². The molecule has 0 spiro atoms. The van der Waals surface area contributed by atoms with Crippen LogP contribution in [0.2, 0.25) is 5.02 Å². The SMILES string of the molecule is CN=C(NCCC1CCCO1)N(C)Cc1cc(Cl)cn1C.I. The molecule has 2 heterocycles. The average Bonchev–Trinajstić information content (AvgIpc) is 3.05. The molecule has 7 heteroatoms. The van der Waals surface area contributed by atoms with Gasteiger partial charge >= 0.3 is 0 Å². The molecule has 2 rings (SSSR count). The standard InChI is InChI=1S/C15H25ClN4O.HI/c1-17-15(18-7-6-14-5-4-8-21-14)20(3)11-13-9-12(16)10-19(13)2;/h9-10,14H,4-8,11H2,1-3H3,(H,17,18);1H. The number of aliphatic imine (C=N–C) groups is 1. The summed E-state index contributed by atoms with van der Waals surface area (Å²) in [5.74, 6) is 0.894. The smallest absolute Gasteiger partial charge is 0.193 e. The van der Waals surface area contributed by atoms with Crippen LogP contribution < -0.4 is 5.32 Å². The van der Waals surface area contributed by atoms with E-state index in [1.54, 1.807) is 0 Å². The zero-order chi connectivity index (χ0) is 15.2. The van der Waals surface area contributed by atoms with Crippen molar-refractivity contribution >= 4 is 41.5 Å². The molecule has 0 radical (unpaired) electrons. The topological polar surface area (TPSA) is 41.8 Å². The molecule has 1 N–H and O–H groups in total. The zero-order valence-electron chi connectivity index (χ0n) is 13.5. The monoisotopic (exact) mass is 440 g/mol. The maximum atomic E-state index is 6.02. The Morgan fingerprint density at radius 3 is 2.91 bits per heavy atom. The van der Waals surface area contributed by atoms with Gasteiger partial charge in [0.1, 0.15) is 0 Å². The van der Waals surface area contributed by atoms with Crippen LogP contribution >= 0.6 is 35.6 Å². The Morgan fingerprint density at radius 1 is 1.59 bits per heavy atom. The zero-order valence-corrected chi connectivity index (χ0v) is 16.6. The maximum absolute atomic E-state index is 6.02. The van der Waals surface area contributed by atoms with Gasteiger partial charge in [-0.15, -0.1) is 24.0 Å². The van der Waals surface area contributed by atoms with E-state index >= 15 is 0 Å². The molecule has 5 nitrogen and oxygen atoms in total. The van der Waals surface area contributed by atoms with Crippen molar-refractivity contribution in [1.82, 2.24) is 14.8 Å². The van der Waals surface area contributed by atoms with Gasteiger partial charge in [-0.05, 0) is 25.3 Å². The molecule has 0 amide bonds. The molecular weight excluding hydrogens is 415 g/mol. The Balaban J connectivity index is 0.00000242. The number of aromatic nitrogens is 1. The Labute approximate surface area is 155 Å². The van der Waals surface area contributed by atoms with Crippen LogP contribution in [-0.2, 0) is 18.3 Å². The van der Waals surface area contributed by atoms with Crippen molar-refractivity contribution in [1.29, 1.82) is 0 Å². The molecular formula is C15H26ClIN4O. The Kier molecular flexibility index (Phi) is 8.56. The highest BCUT2D eigenvalue weighted by Gasteiger charge is 2.15. The summed E-state index contributed by atoms with van der Waals surface area (Å²) < 4.78 is 7.67. The molecule has 0 saturated carbocycles. The summed E-state index contributed by atoms with van der Waals surface area (Å²) in [5.41, 5.74) is 1.16. The summed E-state index contributed by atoms with van der Waals surface area (Å²) in [6, 6.07) is 1.98. The second kappa shape index (κ2) is 9.62. The average molecular weight is 441 g/mol. The number of rotatable bonds is 5. The summed E-state index contributed by atoms with van der Waals surface area (Å²) >= 11 is 6.02. The van der Waals surface area contributed by atoms with Gasteiger partial charge < -0.3 is 19.5 Å². The number of hydrogen-bond donors (Lipinski definition) is 1. The van der Waals surface area contributed by atoms with Crippen molar-refractivity contribution in [2.45, 2.75) is 31.9 Å². The number of ether oxygens (including phenoxy) is 1. The second-order valence-corrected chi connectivity index (χ2v) is 5.95. The highest BCUT2D eigenvalue weighted by molar-refractivity contribution is 14.0. The molecule has 1 unspecified atom stereocenters. The van der Waals surface area contributed by atoms with Crippen LogP contribution in [0.5, 0.6) is 0 Å². The first-order chi connectivity index (χ1) is 10.1. The Hall–Kier alpha value is -0.470. The number of halogens is 2. The number of hydrogen-bond acceptors (Lipinski definition) is 2. The highest BCUT2D eigenvalue weighted by atomic mass is 127. The fraction of sp³-hybridized carbons (Fsp3) is 0.667. The van der Waals surface area contributed by atoms with Gasteiger partial charge in [-0.25, -0.2) is 0 Å². The minimum Gasteiger partial charge on any atom is -0.378 e. The first kappa shape index (κ1) is 19.6. The fourth-order valence-corrected chi connectivity index (χ4v) is 2.92. The lowest BCUT2D eigenvalue weighted by atomic mass is 10.2. The highest BCUT2D eigenvalue weighted by Crippen LogP contribution is 2.15. The largest absolute Gasteiger partial charge is 0.378 e. The van der Waals surface area contributed by atoms with Crippen molar-refractivity contribution in [3.8, 4) is 0 Å². The van der Waals surface area contributed by atoms with Gasteiger partial charge in [-0.1, -0.05) is 11.6 Å².